The van der Waals surface area contributed by atoms with Gasteiger partial charge in [0.15, 0.2) is 0 Å². The molecule has 0 saturated heterocycles. The van der Waals surface area contributed by atoms with Crippen molar-refractivity contribution in [3.8, 4) is 0 Å². The third kappa shape index (κ3) is 3.99. The number of benzene rings is 1. The lowest BCUT2D eigenvalue weighted by molar-refractivity contribution is 0.199. The predicted octanol–water partition coefficient (Wildman–Crippen LogP) is 3.42. The summed E-state index contributed by atoms with van der Waals surface area (Å²) in [6, 6.07) is 4.70. The van der Waals surface area contributed by atoms with Crippen molar-refractivity contribution in [3.05, 3.63) is 27.7 Å². The van der Waals surface area contributed by atoms with Crippen LogP contribution in [0, 0.1) is 0 Å². The summed E-state index contributed by atoms with van der Waals surface area (Å²) >= 11 is 9.37. The van der Waals surface area contributed by atoms with Crippen LogP contribution in [0.15, 0.2) is 27.6 Å². The molecule has 1 aromatic carbocycles. The molecule has 118 valence electrons. The Labute approximate surface area is 139 Å². The number of halogens is 2. The van der Waals surface area contributed by atoms with Gasteiger partial charge in [-0.3, -0.25) is 0 Å². The van der Waals surface area contributed by atoms with E-state index in [4.69, 9.17) is 11.6 Å². The van der Waals surface area contributed by atoms with E-state index < -0.39 is 10.0 Å². The average molecular weight is 397 g/mol. The van der Waals surface area contributed by atoms with Gasteiger partial charge in [-0.05, 0) is 31.0 Å². The van der Waals surface area contributed by atoms with E-state index in [0.29, 0.717) is 0 Å². The molecular formula is C14H19BrClNO3S. The third-order valence-electron chi connectivity index (χ3n) is 3.78. The quantitative estimate of drug-likeness (QED) is 0.829. The minimum Gasteiger partial charge on any atom is -0.395 e. The van der Waals surface area contributed by atoms with E-state index in [1.165, 1.54) is 10.4 Å². The Balaban J connectivity index is 2.36. The predicted molar refractivity (Wildman–Crippen MR) is 87.0 cm³/mol. The summed E-state index contributed by atoms with van der Waals surface area (Å²) in [7, 11) is -3.69. The van der Waals surface area contributed by atoms with Crippen molar-refractivity contribution in [2.24, 2.45) is 0 Å². The maximum absolute atomic E-state index is 12.9. The highest BCUT2D eigenvalue weighted by Gasteiger charge is 2.33. The molecule has 1 aliphatic rings. The van der Waals surface area contributed by atoms with Crippen molar-refractivity contribution in [2.45, 2.75) is 43.0 Å². The van der Waals surface area contributed by atoms with Crippen LogP contribution in [0.4, 0.5) is 0 Å². The van der Waals surface area contributed by atoms with Gasteiger partial charge in [0.25, 0.3) is 0 Å². The summed E-state index contributed by atoms with van der Waals surface area (Å²) in [5.74, 6) is 0. The smallest absolute Gasteiger partial charge is 0.244 e. The molecule has 21 heavy (non-hydrogen) atoms. The Morgan fingerprint density at radius 2 is 1.95 bits per heavy atom. The first-order chi connectivity index (χ1) is 9.96. The van der Waals surface area contributed by atoms with Gasteiger partial charge in [-0.25, -0.2) is 8.42 Å². The topological polar surface area (TPSA) is 57.6 Å². The molecule has 0 aliphatic heterocycles. The van der Waals surface area contributed by atoms with Crippen LogP contribution in [0.5, 0.6) is 0 Å². The zero-order valence-corrected chi connectivity index (χ0v) is 14.8. The van der Waals surface area contributed by atoms with Gasteiger partial charge in [0.2, 0.25) is 10.0 Å². The molecule has 0 unspecified atom stereocenters. The number of hydrogen-bond acceptors (Lipinski definition) is 3. The number of sulfonamides is 1. The van der Waals surface area contributed by atoms with Gasteiger partial charge in [-0.2, -0.15) is 4.31 Å². The van der Waals surface area contributed by atoms with Crippen LogP contribution in [-0.4, -0.2) is 37.0 Å². The van der Waals surface area contributed by atoms with Crippen LogP contribution in [0.1, 0.15) is 32.1 Å². The first kappa shape index (κ1) is 17.2. The fourth-order valence-electron chi connectivity index (χ4n) is 2.78. The molecule has 0 aromatic heterocycles. The molecule has 1 N–H and O–H groups in total. The van der Waals surface area contributed by atoms with E-state index in [-0.39, 0.29) is 29.1 Å². The Morgan fingerprint density at radius 3 is 2.52 bits per heavy atom. The second kappa shape index (κ2) is 7.42. The van der Waals surface area contributed by atoms with Crippen LogP contribution >= 0.6 is 27.5 Å². The summed E-state index contributed by atoms with van der Waals surface area (Å²) in [5.41, 5.74) is 0. The molecule has 0 radical (unpaired) electrons. The molecule has 2 rings (SSSR count). The number of aliphatic hydroxyl groups is 1. The van der Waals surface area contributed by atoms with Gasteiger partial charge < -0.3 is 5.11 Å². The molecule has 1 saturated carbocycles. The van der Waals surface area contributed by atoms with Crippen LogP contribution in [0.25, 0.3) is 0 Å². The third-order valence-corrected chi connectivity index (χ3v) is 6.71. The van der Waals surface area contributed by atoms with Gasteiger partial charge in [-0.1, -0.05) is 46.8 Å². The summed E-state index contributed by atoms with van der Waals surface area (Å²) in [6.07, 6.45) is 4.87. The van der Waals surface area contributed by atoms with Crippen molar-refractivity contribution in [3.63, 3.8) is 0 Å². The zero-order chi connectivity index (χ0) is 15.5. The minimum absolute atomic E-state index is 0.0457. The number of aliphatic hydroxyl groups excluding tert-OH is 1. The van der Waals surface area contributed by atoms with Crippen molar-refractivity contribution >= 4 is 37.6 Å². The van der Waals surface area contributed by atoms with Crippen LogP contribution < -0.4 is 0 Å². The number of hydrogen-bond donors (Lipinski definition) is 1. The zero-order valence-electron chi connectivity index (χ0n) is 11.6. The standard InChI is InChI=1S/C14H19BrClNO3S/c15-11-6-7-14(13(16)10-11)21(19,20)17(8-9-18)12-4-2-1-3-5-12/h6-7,10,12,18H,1-5,8-9H2. The van der Waals surface area contributed by atoms with E-state index in [1.54, 1.807) is 12.1 Å². The summed E-state index contributed by atoms with van der Waals surface area (Å²) in [4.78, 5) is 0.103. The maximum Gasteiger partial charge on any atom is 0.244 e. The lowest BCUT2D eigenvalue weighted by Gasteiger charge is -2.33. The van der Waals surface area contributed by atoms with E-state index in [1.807, 2.05) is 0 Å². The molecule has 1 aromatic rings. The molecule has 4 nitrogen and oxygen atoms in total. The fraction of sp³-hybridized carbons (Fsp3) is 0.571. The second-order valence-electron chi connectivity index (χ2n) is 5.21. The van der Waals surface area contributed by atoms with Crippen molar-refractivity contribution in [2.75, 3.05) is 13.2 Å². The fourth-order valence-corrected chi connectivity index (χ4v) is 5.47. The van der Waals surface area contributed by atoms with Gasteiger partial charge in [0, 0.05) is 17.1 Å². The molecule has 0 heterocycles. The van der Waals surface area contributed by atoms with Crippen LogP contribution in [0.2, 0.25) is 5.02 Å². The molecule has 0 atom stereocenters. The Morgan fingerprint density at radius 1 is 1.29 bits per heavy atom. The van der Waals surface area contributed by atoms with Crippen LogP contribution in [0.3, 0.4) is 0 Å². The van der Waals surface area contributed by atoms with E-state index in [0.717, 1.165) is 36.6 Å². The summed E-state index contributed by atoms with van der Waals surface area (Å²) in [5, 5.41) is 9.44. The van der Waals surface area contributed by atoms with Gasteiger partial charge >= 0.3 is 0 Å². The molecule has 0 bridgehead atoms. The molecule has 7 heteroatoms. The van der Waals surface area contributed by atoms with Crippen LogP contribution in [-0.2, 0) is 10.0 Å². The Kier molecular flexibility index (Phi) is 6.08. The first-order valence-corrected chi connectivity index (χ1v) is 9.65. The largest absolute Gasteiger partial charge is 0.395 e. The normalized spacial score (nSPS) is 17.3. The monoisotopic (exact) mass is 395 g/mol. The highest BCUT2D eigenvalue weighted by Crippen LogP contribution is 2.32. The molecule has 1 aliphatic carbocycles. The van der Waals surface area contributed by atoms with Gasteiger partial charge in [0.1, 0.15) is 4.90 Å². The van der Waals surface area contributed by atoms with Crippen molar-refractivity contribution in [1.82, 2.24) is 4.31 Å². The van der Waals surface area contributed by atoms with E-state index >= 15 is 0 Å². The highest BCUT2D eigenvalue weighted by molar-refractivity contribution is 9.10. The Bertz CT molecular complexity index is 588. The van der Waals surface area contributed by atoms with Gasteiger partial charge in [-0.15, -0.1) is 0 Å². The summed E-state index contributed by atoms with van der Waals surface area (Å²) in [6.45, 7) is -0.0801. The van der Waals surface area contributed by atoms with Gasteiger partial charge in [0.05, 0.1) is 11.6 Å². The lowest BCUT2D eigenvalue weighted by atomic mass is 9.95. The first-order valence-electron chi connectivity index (χ1n) is 7.04. The molecule has 1 fully saturated rings. The van der Waals surface area contributed by atoms with Crippen molar-refractivity contribution in [1.29, 1.82) is 0 Å². The Hall–Kier alpha value is -0.140. The lowest BCUT2D eigenvalue weighted by Crippen LogP contribution is -2.43. The molecule has 0 amide bonds. The summed E-state index contributed by atoms with van der Waals surface area (Å²) < 4.78 is 27.9. The van der Waals surface area contributed by atoms with Crippen molar-refractivity contribution < 1.29 is 13.5 Å². The maximum atomic E-state index is 12.9. The number of rotatable bonds is 5. The van der Waals surface area contributed by atoms with E-state index in [2.05, 4.69) is 15.9 Å². The SMILES string of the molecule is O=S(=O)(c1ccc(Br)cc1Cl)N(CCO)C1CCCCC1. The second-order valence-corrected chi connectivity index (χ2v) is 8.39. The highest BCUT2D eigenvalue weighted by atomic mass is 79.9. The van der Waals surface area contributed by atoms with E-state index in [9.17, 15) is 13.5 Å². The molecular weight excluding hydrogens is 378 g/mol. The minimum atomic E-state index is -3.69. The molecule has 0 spiro atoms. The average Bonchev–Trinajstić information content (AvgIpc) is 2.45. The number of nitrogens with zero attached hydrogens (tertiary/aromatic N) is 1.